The molecule has 0 radical (unpaired) electrons. The zero-order chi connectivity index (χ0) is 11.0. The highest BCUT2D eigenvalue weighted by molar-refractivity contribution is 5.59. The van der Waals surface area contributed by atoms with Gasteiger partial charge in [0.1, 0.15) is 0 Å². The zero-order valence-corrected chi connectivity index (χ0v) is 8.10. The van der Waals surface area contributed by atoms with Crippen LogP contribution in [0.25, 0.3) is 0 Å². The quantitative estimate of drug-likeness (QED) is 0.587. The van der Waals surface area contributed by atoms with Crippen LogP contribution in [0.15, 0.2) is 12.1 Å². The topological polar surface area (TPSA) is 87.6 Å². The summed E-state index contributed by atoms with van der Waals surface area (Å²) in [7, 11) is 0. The molecule has 0 spiro atoms. The van der Waals surface area contributed by atoms with E-state index < -0.39 is 4.92 Å². The maximum Gasteiger partial charge on any atom is 0.315 e. The van der Waals surface area contributed by atoms with Gasteiger partial charge in [0, 0.05) is 12.1 Å². The van der Waals surface area contributed by atoms with Gasteiger partial charge in [-0.05, 0) is 18.6 Å². The van der Waals surface area contributed by atoms with Crippen molar-refractivity contribution in [3.63, 3.8) is 0 Å². The Bertz CT molecular complexity index is 417. The monoisotopic (exact) mass is 210 g/mol. The molecule has 0 aromatic heterocycles. The van der Waals surface area contributed by atoms with Crippen LogP contribution in [-0.2, 0) is 0 Å². The lowest BCUT2D eigenvalue weighted by Crippen LogP contribution is -2.05. The number of nitrogens with zero attached hydrogens (tertiary/aromatic N) is 1. The maximum atomic E-state index is 10.8. The molecule has 1 aromatic carbocycles. The number of rotatable bonds is 2. The van der Waals surface area contributed by atoms with E-state index in [2.05, 4.69) is 0 Å². The Morgan fingerprint density at radius 3 is 2.87 bits per heavy atom. The van der Waals surface area contributed by atoms with E-state index in [1.54, 1.807) is 13.0 Å². The minimum absolute atomic E-state index is 0.0125. The van der Waals surface area contributed by atoms with E-state index in [4.69, 9.17) is 15.2 Å². The Kier molecular flexibility index (Phi) is 2.20. The summed E-state index contributed by atoms with van der Waals surface area (Å²) in [6, 6.07) is 2.80. The van der Waals surface area contributed by atoms with Gasteiger partial charge in [0.15, 0.2) is 5.75 Å². The second-order valence-electron chi connectivity index (χ2n) is 3.32. The summed E-state index contributed by atoms with van der Waals surface area (Å²) < 4.78 is 10.1. The minimum Gasteiger partial charge on any atom is -0.453 e. The largest absolute Gasteiger partial charge is 0.453 e. The average molecular weight is 210 g/mol. The van der Waals surface area contributed by atoms with Crippen LogP contribution in [0.3, 0.4) is 0 Å². The summed E-state index contributed by atoms with van der Waals surface area (Å²) >= 11 is 0. The second kappa shape index (κ2) is 3.39. The molecule has 1 aromatic rings. The van der Waals surface area contributed by atoms with Crippen LogP contribution in [0.4, 0.5) is 5.69 Å². The van der Waals surface area contributed by atoms with E-state index in [0.29, 0.717) is 11.3 Å². The van der Waals surface area contributed by atoms with E-state index in [1.165, 1.54) is 6.07 Å². The molecule has 80 valence electrons. The predicted octanol–water partition coefficient (Wildman–Crippen LogP) is 1.34. The highest BCUT2D eigenvalue weighted by atomic mass is 16.7. The molecule has 6 nitrogen and oxygen atoms in total. The molecular weight excluding hydrogens is 200 g/mol. The molecule has 1 atom stereocenters. The molecule has 1 unspecified atom stereocenters. The first kappa shape index (κ1) is 9.72. The third-order valence-electron chi connectivity index (χ3n) is 2.20. The van der Waals surface area contributed by atoms with Crippen LogP contribution in [0.5, 0.6) is 11.5 Å². The van der Waals surface area contributed by atoms with Gasteiger partial charge in [-0.1, -0.05) is 0 Å². The van der Waals surface area contributed by atoms with Crippen molar-refractivity contribution >= 4 is 5.69 Å². The van der Waals surface area contributed by atoms with Gasteiger partial charge in [0.2, 0.25) is 12.5 Å². The first-order valence-corrected chi connectivity index (χ1v) is 4.43. The number of benzene rings is 1. The van der Waals surface area contributed by atoms with Crippen LogP contribution < -0.4 is 15.2 Å². The number of fused-ring (bicyclic) bond motifs is 1. The predicted molar refractivity (Wildman–Crippen MR) is 51.8 cm³/mol. The van der Waals surface area contributed by atoms with Crippen molar-refractivity contribution in [1.29, 1.82) is 0 Å². The van der Waals surface area contributed by atoms with E-state index >= 15 is 0 Å². The van der Waals surface area contributed by atoms with Gasteiger partial charge in [0.05, 0.1) is 4.92 Å². The number of ether oxygens (including phenoxy) is 2. The van der Waals surface area contributed by atoms with E-state index in [0.717, 1.165) is 0 Å². The van der Waals surface area contributed by atoms with Crippen molar-refractivity contribution in [1.82, 2.24) is 0 Å². The van der Waals surface area contributed by atoms with Crippen LogP contribution in [-0.4, -0.2) is 11.7 Å². The van der Waals surface area contributed by atoms with Crippen molar-refractivity contribution in [3.8, 4) is 11.5 Å². The van der Waals surface area contributed by atoms with Crippen LogP contribution in [0.2, 0.25) is 0 Å². The molecule has 0 saturated carbocycles. The third-order valence-corrected chi connectivity index (χ3v) is 2.20. The molecule has 0 fully saturated rings. The normalized spacial score (nSPS) is 15.1. The number of hydrogen-bond acceptors (Lipinski definition) is 5. The fraction of sp³-hybridized carbons (Fsp3) is 0.333. The van der Waals surface area contributed by atoms with Crippen LogP contribution in [0.1, 0.15) is 18.5 Å². The first-order valence-electron chi connectivity index (χ1n) is 4.43. The molecule has 0 aliphatic carbocycles. The number of nitro groups is 1. The lowest BCUT2D eigenvalue weighted by atomic mass is 10.1. The number of nitro benzene ring substituents is 1. The number of nitrogens with two attached hydrogens (primary N) is 1. The molecule has 0 bridgehead atoms. The van der Waals surface area contributed by atoms with Crippen LogP contribution in [0, 0.1) is 10.1 Å². The SMILES string of the molecule is CC(N)c1cc2c(c([N+](=O)[O-])c1)OCO2. The first-order chi connectivity index (χ1) is 7.09. The molecular formula is C9H10N2O4. The summed E-state index contributed by atoms with van der Waals surface area (Å²) in [5.74, 6) is 0.570. The van der Waals surface area contributed by atoms with E-state index in [-0.39, 0.29) is 24.3 Å². The lowest BCUT2D eigenvalue weighted by molar-refractivity contribution is -0.385. The maximum absolute atomic E-state index is 10.8. The van der Waals surface area contributed by atoms with Gasteiger partial charge >= 0.3 is 5.69 Å². The van der Waals surface area contributed by atoms with Crippen LogP contribution >= 0.6 is 0 Å². The summed E-state index contributed by atoms with van der Waals surface area (Å²) in [6.45, 7) is 1.76. The van der Waals surface area contributed by atoms with E-state index in [1.807, 2.05) is 0 Å². The van der Waals surface area contributed by atoms with Crippen molar-refractivity contribution in [2.75, 3.05) is 6.79 Å². The Morgan fingerprint density at radius 1 is 1.53 bits per heavy atom. The minimum atomic E-state index is -0.501. The van der Waals surface area contributed by atoms with Crippen molar-refractivity contribution in [3.05, 3.63) is 27.8 Å². The Balaban J connectivity index is 2.57. The number of hydrogen-bond donors (Lipinski definition) is 1. The summed E-state index contributed by atoms with van der Waals surface area (Å²) in [6.07, 6.45) is 0. The van der Waals surface area contributed by atoms with E-state index in [9.17, 15) is 10.1 Å². The molecule has 0 amide bonds. The van der Waals surface area contributed by atoms with Gasteiger partial charge in [-0.25, -0.2) is 0 Å². The van der Waals surface area contributed by atoms with Gasteiger partial charge in [-0.2, -0.15) is 0 Å². The fourth-order valence-corrected chi connectivity index (χ4v) is 1.41. The van der Waals surface area contributed by atoms with Gasteiger partial charge in [-0.15, -0.1) is 0 Å². The summed E-state index contributed by atoms with van der Waals surface area (Å²) in [4.78, 5) is 10.3. The van der Waals surface area contributed by atoms with Crippen molar-refractivity contribution in [2.45, 2.75) is 13.0 Å². The van der Waals surface area contributed by atoms with Gasteiger partial charge in [0.25, 0.3) is 0 Å². The summed E-state index contributed by atoms with van der Waals surface area (Å²) in [5.41, 5.74) is 6.22. The molecule has 1 aliphatic rings. The molecule has 2 rings (SSSR count). The highest BCUT2D eigenvalue weighted by Crippen LogP contribution is 2.42. The Morgan fingerprint density at radius 2 is 2.27 bits per heavy atom. The molecule has 1 aliphatic heterocycles. The van der Waals surface area contributed by atoms with Crippen molar-refractivity contribution < 1.29 is 14.4 Å². The van der Waals surface area contributed by atoms with Gasteiger partial charge < -0.3 is 15.2 Å². The standard InChI is InChI=1S/C9H10N2O4/c1-5(10)6-2-7(11(12)13)9-8(3-6)14-4-15-9/h2-3,5H,4,10H2,1H3. The van der Waals surface area contributed by atoms with Gasteiger partial charge in [-0.3, -0.25) is 10.1 Å². The third kappa shape index (κ3) is 1.59. The lowest BCUT2D eigenvalue weighted by Gasteiger charge is -2.06. The Labute approximate surface area is 85.7 Å². The molecule has 2 N–H and O–H groups in total. The molecule has 0 saturated heterocycles. The average Bonchev–Trinajstić information content (AvgIpc) is 2.62. The molecule has 6 heteroatoms. The Hall–Kier alpha value is -1.82. The molecule has 1 heterocycles. The summed E-state index contributed by atoms with van der Waals surface area (Å²) in [5, 5.41) is 10.8. The van der Waals surface area contributed by atoms with Crippen molar-refractivity contribution in [2.24, 2.45) is 5.73 Å². The molecule has 15 heavy (non-hydrogen) atoms. The zero-order valence-electron chi connectivity index (χ0n) is 8.10. The second-order valence-corrected chi connectivity index (χ2v) is 3.32. The fourth-order valence-electron chi connectivity index (χ4n) is 1.41. The highest BCUT2D eigenvalue weighted by Gasteiger charge is 2.27. The smallest absolute Gasteiger partial charge is 0.315 e.